The van der Waals surface area contributed by atoms with Gasteiger partial charge in [-0.2, -0.15) is 5.10 Å². The maximum Gasteiger partial charge on any atom is 0.270 e. The van der Waals surface area contributed by atoms with Crippen LogP contribution in [-0.2, 0) is 6.42 Å². The monoisotopic (exact) mass is 333 g/mol. The maximum absolute atomic E-state index is 12.8. The van der Waals surface area contributed by atoms with E-state index < -0.39 is 0 Å². The van der Waals surface area contributed by atoms with Crippen LogP contribution in [0.5, 0.6) is 0 Å². The number of hydrogen-bond acceptors (Lipinski definition) is 2. The molecule has 0 radical (unpaired) electrons. The van der Waals surface area contributed by atoms with Gasteiger partial charge in [0.1, 0.15) is 5.69 Å². The molecule has 0 saturated heterocycles. The van der Waals surface area contributed by atoms with Crippen LogP contribution < -0.4 is 5.32 Å². The Morgan fingerprint density at radius 2 is 1.72 bits per heavy atom. The molecule has 128 valence electrons. The van der Waals surface area contributed by atoms with Crippen molar-refractivity contribution in [3.63, 3.8) is 0 Å². The summed E-state index contributed by atoms with van der Waals surface area (Å²) in [5, 5.41) is 7.63. The number of hydrogen-bond donors (Lipinski definition) is 1. The second-order valence-electron chi connectivity index (χ2n) is 6.19. The van der Waals surface area contributed by atoms with Gasteiger partial charge >= 0.3 is 0 Å². The molecule has 0 fully saturated rings. The zero-order chi connectivity index (χ0) is 17.6. The summed E-state index contributed by atoms with van der Waals surface area (Å²) >= 11 is 0. The predicted octanol–water partition coefficient (Wildman–Crippen LogP) is 3.93. The first-order valence-corrected chi connectivity index (χ1v) is 8.64. The molecule has 0 aliphatic carbocycles. The topological polar surface area (TPSA) is 46.9 Å². The van der Waals surface area contributed by atoms with Crippen molar-refractivity contribution < 1.29 is 4.79 Å². The number of carbonyl (C=O) groups is 1. The molecule has 0 spiro atoms. The van der Waals surface area contributed by atoms with Gasteiger partial charge in [0.2, 0.25) is 0 Å². The normalized spacial score (nSPS) is 11.9. The Labute approximate surface area is 148 Å². The van der Waals surface area contributed by atoms with E-state index in [9.17, 15) is 4.79 Å². The second-order valence-corrected chi connectivity index (χ2v) is 6.19. The highest BCUT2D eigenvalue weighted by atomic mass is 16.2. The molecule has 1 heterocycles. The Morgan fingerprint density at radius 1 is 1.08 bits per heavy atom. The SMILES string of the molecule is CC[C@H](Cc1ccccc1)NC(=O)c1cc(C)nn1-c1ccccc1. The molecular weight excluding hydrogens is 310 g/mol. The fraction of sp³-hybridized carbons (Fsp3) is 0.238. The molecule has 1 atom stereocenters. The number of aryl methyl sites for hydroxylation is 1. The van der Waals surface area contributed by atoms with Crippen LogP contribution in [0.25, 0.3) is 5.69 Å². The van der Waals surface area contributed by atoms with Crippen LogP contribution in [-0.4, -0.2) is 21.7 Å². The van der Waals surface area contributed by atoms with Gasteiger partial charge in [0.15, 0.2) is 0 Å². The van der Waals surface area contributed by atoms with Crippen LogP contribution >= 0.6 is 0 Å². The van der Waals surface area contributed by atoms with Gasteiger partial charge in [-0.1, -0.05) is 55.5 Å². The van der Waals surface area contributed by atoms with Crippen LogP contribution in [0.4, 0.5) is 0 Å². The second kappa shape index (κ2) is 7.79. The summed E-state index contributed by atoms with van der Waals surface area (Å²) < 4.78 is 1.71. The molecule has 0 aliphatic heterocycles. The molecule has 4 nitrogen and oxygen atoms in total. The van der Waals surface area contributed by atoms with Gasteiger partial charge in [-0.25, -0.2) is 4.68 Å². The van der Waals surface area contributed by atoms with Gasteiger partial charge in [-0.15, -0.1) is 0 Å². The largest absolute Gasteiger partial charge is 0.348 e. The van der Waals surface area contributed by atoms with Gasteiger partial charge < -0.3 is 5.32 Å². The Bertz CT molecular complexity index is 825. The van der Waals surface area contributed by atoms with Crippen LogP contribution in [0.15, 0.2) is 66.7 Å². The molecule has 1 amide bonds. The highest BCUT2D eigenvalue weighted by Gasteiger charge is 2.18. The van der Waals surface area contributed by atoms with Gasteiger partial charge in [0, 0.05) is 6.04 Å². The summed E-state index contributed by atoms with van der Waals surface area (Å²) in [7, 11) is 0. The lowest BCUT2D eigenvalue weighted by molar-refractivity contribution is 0.0928. The maximum atomic E-state index is 12.8. The average molecular weight is 333 g/mol. The lowest BCUT2D eigenvalue weighted by Gasteiger charge is -2.17. The number of benzene rings is 2. The molecule has 0 bridgehead atoms. The number of amides is 1. The summed E-state index contributed by atoms with van der Waals surface area (Å²) in [6.07, 6.45) is 1.70. The van der Waals surface area contributed by atoms with Gasteiger partial charge in [0.25, 0.3) is 5.91 Å². The number of nitrogens with zero attached hydrogens (tertiary/aromatic N) is 2. The van der Waals surface area contributed by atoms with Crippen molar-refractivity contribution in [2.75, 3.05) is 0 Å². The standard InChI is InChI=1S/C21H23N3O/c1-3-18(15-17-10-6-4-7-11-17)22-21(25)20-14-16(2)23-24(20)19-12-8-5-9-13-19/h4-14,18H,3,15H2,1-2H3,(H,22,25)/t18-/m1/s1. The lowest BCUT2D eigenvalue weighted by atomic mass is 10.0. The molecule has 0 unspecified atom stereocenters. The first-order chi connectivity index (χ1) is 12.2. The van der Waals surface area contributed by atoms with Crippen LogP contribution in [0.3, 0.4) is 0 Å². The zero-order valence-electron chi connectivity index (χ0n) is 14.6. The summed E-state index contributed by atoms with van der Waals surface area (Å²) in [6.45, 7) is 3.99. The smallest absolute Gasteiger partial charge is 0.270 e. The number of carbonyl (C=O) groups excluding carboxylic acids is 1. The number of aromatic nitrogens is 2. The van der Waals surface area contributed by atoms with E-state index in [-0.39, 0.29) is 11.9 Å². The first-order valence-electron chi connectivity index (χ1n) is 8.64. The van der Waals surface area contributed by atoms with Crippen molar-refractivity contribution >= 4 is 5.91 Å². The van der Waals surface area contributed by atoms with Gasteiger partial charge in [0.05, 0.1) is 11.4 Å². The third kappa shape index (κ3) is 4.15. The van der Waals surface area contributed by atoms with Crippen molar-refractivity contribution in [1.82, 2.24) is 15.1 Å². The van der Waals surface area contributed by atoms with E-state index in [1.165, 1.54) is 5.56 Å². The van der Waals surface area contributed by atoms with Gasteiger partial charge in [-0.05, 0) is 43.5 Å². The Kier molecular flexibility index (Phi) is 5.29. The third-order valence-electron chi connectivity index (χ3n) is 4.22. The number of para-hydroxylation sites is 1. The Morgan fingerprint density at radius 3 is 2.36 bits per heavy atom. The summed E-state index contributed by atoms with van der Waals surface area (Å²) in [5.41, 5.74) is 3.50. The molecule has 1 aromatic heterocycles. The highest BCUT2D eigenvalue weighted by molar-refractivity contribution is 5.93. The van der Waals surface area contributed by atoms with E-state index in [2.05, 4.69) is 29.5 Å². The van der Waals surface area contributed by atoms with Crippen molar-refractivity contribution in [1.29, 1.82) is 0 Å². The first kappa shape index (κ1) is 17.0. The molecule has 1 N–H and O–H groups in total. The Balaban J connectivity index is 1.79. The van der Waals surface area contributed by atoms with Crippen molar-refractivity contribution in [2.24, 2.45) is 0 Å². The van der Waals surface area contributed by atoms with Crippen molar-refractivity contribution in [3.05, 3.63) is 83.7 Å². The predicted molar refractivity (Wildman–Crippen MR) is 100.0 cm³/mol. The molecule has 2 aromatic carbocycles. The van der Waals surface area contributed by atoms with E-state index in [1.807, 2.05) is 61.5 Å². The van der Waals surface area contributed by atoms with E-state index in [4.69, 9.17) is 0 Å². The molecule has 0 aliphatic rings. The van der Waals surface area contributed by atoms with E-state index in [1.54, 1.807) is 4.68 Å². The zero-order valence-corrected chi connectivity index (χ0v) is 14.6. The van der Waals surface area contributed by atoms with Crippen molar-refractivity contribution in [2.45, 2.75) is 32.7 Å². The molecule has 3 rings (SSSR count). The van der Waals surface area contributed by atoms with E-state index in [0.717, 1.165) is 24.2 Å². The third-order valence-corrected chi connectivity index (χ3v) is 4.22. The number of rotatable bonds is 6. The van der Waals surface area contributed by atoms with Crippen molar-refractivity contribution in [3.8, 4) is 5.69 Å². The quantitative estimate of drug-likeness (QED) is 0.743. The highest BCUT2D eigenvalue weighted by Crippen LogP contribution is 2.13. The minimum atomic E-state index is -0.0905. The lowest BCUT2D eigenvalue weighted by Crippen LogP contribution is -2.37. The van der Waals surface area contributed by atoms with Crippen LogP contribution in [0.1, 0.15) is 35.1 Å². The Hall–Kier alpha value is -2.88. The molecule has 25 heavy (non-hydrogen) atoms. The number of nitrogens with one attached hydrogen (secondary N) is 1. The van der Waals surface area contributed by atoms with Crippen LogP contribution in [0, 0.1) is 6.92 Å². The summed E-state index contributed by atoms with van der Waals surface area (Å²) in [4.78, 5) is 12.8. The fourth-order valence-electron chi connectivity index (χ4n) is 2.88. The van der Waals surface area contributed by atoms with E-state index in [0.29, 0.717) is 5.69 Å². The van der Waals surface area contributed by atoms with Gasteiger partial charge in [-0.3, -0.25) is 4.79 Å². The minimum Gasteiger partial charge on any atom is -0.348 e. The molecule has 0 saturated carbocycles. The average Bonchev–Trinajstić information content (AvgIpc) is 3.04. The van der Waals surface area contributed by atoms with E-state index >= 15 is 0 Å². The fourth-order valence-corrected chi connectivity index (χ4v) is 2.88. The molecule has 3 aromatic rings. The minimum absolute atomic E-state index is 0.0905. The molecule has 4 heteroatoms. The summed E-state index contributed by atoms with van der Waals surface area (Å²) in [6, 6.07) is 21.9. The molecular formula is C21H23N3O. The summed E-state index contributed by atoms with van der Waals surface area (Å²) in [5.74, 6) is -0.0905. The van der Waals surface area contributed by atoms with Crippen LogP contribution in [0.2, 0.25) is 0 Å².